The van der Waals surface area contributed by atoms with Gasteiger partial charge in [0, 0.05) is 0 Å². The summed E-state index contributed by atoms with van der Waals surface area (Å²) in [4.78, 5) is 10.7. The third kappa shape index (κ3) is 14.8. The van der Waals surface area contributed by atoms with Gasteiger partial charge in [0.25, 0.3) is 0 Å². The van der Waals surface area contributed by atoms with Gasteiger partial charge in [-0.15, -0.1) is 6.42 Å². The molecule has 0 aliphatic rings. The molecule has 6 nitrogen and oxygen atoms in total. The molecule has 0 aliphatic heterocycles. The number of methoxy groups -OCH3 is 1. The van der Waals surface area contributed by atoms with Crippen LogP contribution in [0.25, 0.3) is 0 Å². The van der Waals surface area contributed by atoms with Crippen LogP contribution in [-0.4, -0.2) is 65.9 Å². The highest BCUT2D eigenvalue weighted by atomic mass is 16.6. The first-order chi connectivity index (χ1) is 9.31. The van der Waals surface area contributed by atoms with Crippen molar-refractivity contribution in [2.75, 3.05) is 60.0 Å². The van der Waals surface area contributed by atoms with Gasteiger partial charge in [0.15, 0.2) is 0 Å². The summed E-state index contributed by atoms with van der Waals surface area (Å²) in [6.45, 7) is 3.56. The minimum absolute atomic E-state index is 0.261. The molecule has 0 aromatic rings. The lowest BCUT2D eigenvalue weighted by molar-refractivity contribution is -0.141. The molecular formula is C13H22O6. The smallest absolute Gasteiger partial charge is 0.307 e. The molecule has 0 radical (unpaired) electrons. The Bertz CT molecular complexity index is 248. The molecular weight excluding hydrogens is 252 g/mol. The number of hydrogen-bond acceptors (Lipinski definition) is 6. The van der Waals surface area contributed by atoms with E-state index in [-0.39, 0.29) is 12.4 Å². The second-order valence-electron chi connectivity index (χ2n) is 3.42. The van der Waals surface area contributed by atoms with Crippen LogP contribution in [0.2, 0.25) is 0 Å². The minimum atomic E-state index is -0.277. The number of carbonyl (C=O) groups is 1. The molecule has 0 saturated carbocycles. The van der Waals surface area contributed by atoms with Gasteiger partial charge >= 0.3 is 5.97 Å². The Hall–Kier alpha value is -1.13. The van der Waals surface area contributed by atoms with Gasteiger partial charge in [-0.05, 0) is 0 Å². The molecule has 0 aromatic carbocycles. The molecule has 0 saturated heterocycles. The van der Waals surface area contributed by atoms with Gasteiger partial charge in [-0.3, -0.25) is 4.79 Å². The summed E-state index contributed by atoms with van der Waals surface area (Å²) in [6, 6.07) is 0. The van der Waals surface area contributed by atoms with Gasteiger partial charge in [-0.1, -0.05) is 5.92 Å². The maximum Gasteiger partial charge on any atom is 0.307 e. The van der Waals surface area contributed by atoms with Crippen molar-refractivity contribution >= 4 is 5.97 Å². The molecule has 6 heteroatoms. The average molecular weight is 274 g/mol. The van der Waals surface area contributed by atoms with Crippen LogP contribution in [0.15, 0.2) is 0 Å². The molecule has 0 aliphatic carbocycles. The van der Waals surface area contributed by atoms with Crippen LogP contribution in [0.3, 0.4) is 0 Å². The molecule has 0 fully saturated rings. The SMILES string of the molecule is C#CCOCCOCCOCCOCCC(=O)OC. The predicted molar refractivity (Wildman–Crippen MR) is 68.7 cm³/mol. The van der Waals surface area contributed by atoms with Crippen molar-refractivity contribution in [1.29, 1.82) is 0 Å². The quantitative estimate of drug-likeness (QED) is 0.272. The van der Waals surface area contributed by atoms with Crippen LogP contribution in [-0.2, 0) is 28.5 Å². The van der Waals surface area contributed by atoms with Crippen molar-refractivity contribution in [3.05, 3.63) is 0 Å². The molecule has 0 bridgehead atoms. The summed E-state index contributed by atoms with van der Waals surface area (Å²) in [5.41, 5.74) is 0. The number of hydrogen-bond donors (Lipinski definition) is 0. The van der Waals surface area contributed by atoms with E-state index in [9.17, 15) is 4.79 Å². The molecule has 19 heavy (non-hydrogen) atoms. The zero-order chi connectivity index (χ0) is 14.2. The maximum absolute atomic E-state index is 10.7. The zero-order valence-electron chi connectivity index (χ0n) is 11.4. The van der Waals surface area contributed by atoms with Crippen LogP contribution in [0.4, 0.5) is 0 Å². The number of terminal acetylenes is 1. The van der Waals surface area contributed by atoms with Crippen LogP contribution in [0.5, 0.6) is 0 Å². The summed E-state index contributed by atoms with van der Waals surface area (Å²) < 4.78 is 25.2. The number of rotatable bonds is 13. The lowest BCUT2D eigenvalue weighted by Gasteiger charge is -2.06. The third-order valence-corrected chi connectivity index (χ3v) is 1.98. The minimum Gasteiger partial charge on any atom is -0.469 e. The summed E-state index contributed by atoms with van der Waals surface area (Å²) in [6.07, 6.45) is 5.27. The van der Waals surface area contributed by atoms with Gasteiger partial charge in [0.05, 0.1) is 59.8 Å². The average Bonchev–Trinajstić information content (AvgIpc) is 2.43. The number of ether oxygens (including phenoxy) is 5. The number of carbonyl (C=O) groups excluding carboxylic acids is 1. The summed E-state index contributed by atoms with van der Waals surface area (Å²) in [5.74, 6) is 2.09. The Morgan fingerprint density at radius 1 is 0.895 bits per heavy atom. The van der Waals surface area contributed by atoms with E-state index in [4.69, 9.17) is 25.4 Å². The van der Waals surface area contributed by atoms with Crippen molar-refractivity contribution in [1.82, 2.24) is 0 Å². The van der Waals surface area contributed by atoms with Gasteiger partial charge < -0.3 is 23.7 Å². The van der Waals surface area contributed by atoms with Crippen molar-refractivity contribution in [2.24, 2.45) is 0 Å². The second-order valence-corrected chi connectivity index (χ2v) is 3.42. The normalized spacial score (nSPS) is 10.1. The molecule has 110 valence electrons. The lowest BCUT2D eigenvalue weighted by Crippen LogP contribution is -2.13. The molecule has 0 rings (SSSR count). The molecule has 0 N–H and O–H groups in total. The van der Waals surface area contributed by atoms with Crippen LogP contribution >= 0.6 is 0 Å². The number of esters is 1. The van der Waals surface area contributed by atoms with E-state index in [1.54, 1.807) is 0 Å². The molecule has 0 spiro atoms. The second kappa shape index (κ2) is 14.9. The summed E-state index contributed by atoms with van der Waals surface area (Å²) in [5, 5.41) is 0. The molecule has 0 atom stereocenters. The monoisotopic (exact) mass is 274 g/mol. The van der Waals surface area contributed by atoms with Crippen molar-refractivity contribution in [2.45, 2.75) is 6.42 Å². The van der Waals surface area contributed by atoms with Crippen LogP contribution < -0.4 is 0 Å². The van der Waals surface area contributed by atoms with Gasteiger partial charge in [-0.25, -0.2) is 0 Å². The van der Waals surface area contributed by atoms with E-state index in [0.717, 1.165) is 0 Å². The van der Waals surface area contributed by atoms with E-state index in [0.29, 0.717) is 52.9 Å². The van der Waals surface area contributed by atoms with Gasteiger partial charge in [0.2, 0.25) is 0 Å². The highest BCUT2D eigenvalue weighted by molar-refractivity contribution is 5.69. The van der Waals surface area contributed by atoms with E-state index >= 15 is 0 Å². The standard InChI is InChI=1S/C13H22O6/c1-3-5-16-7-9-18-11-12-19-10-8-17-6-4-13(14)15-2/h1H,4-12H2,2H3. The van der Waals surface area contributed by atoms with Gasteiger partial charge in [0.1, 0.15) is 6.61 Å². The summed E-state index contributed by atoms with van der Waals surface area (Å²) >= 11 is 0. The first-order valence-electron chi connectivity index (χ1n) is 6.12. The Morgan fingerprint density at radius 3 is 1.84 bits per heavy atom. The molecule has 0 amide bonds. The van der Waals surface area contributed by atoms with Crippen molar-refractivity contribution in [3.8, 4) is 12.3 Å². The van der Waals surface area contributed by atoms with E-state index in [1.165, 1.54) is 7.11 Å². The molecule has 0 aromatic heterocycles. The third-order valence-electron chi connectivity index (χ3n) is 1.98. The highest BCUT2D eigenvalue weighted by Gasteiger charge is 1.98. The fraction of sp³-hybridized carbons (Fsp3) is 0.769. The van der Waals surface area contributed by atoms with E-state index in [2.05, 4.69) is 10.7 Å². The highest BCUT2D eigenvalue weighted by Crippen LogP contribution is 1.87. The van der Waals surface area contributed by atoms with Crippen LogP contribution in [0.1, 0.15) is 6.42 Å². The lowest BCUT2D eigenvalue weighted by atomic mass is 10.5. The Kier molecular flexibility index (Phi) is 14.0. The largest absolute Gasteiger partial charge is 0.469 e. The maximum atomic E-state index is 10.7. The predicted octanol–water partition coefficient (Wildman–Crippen LogP) is 0.249. The fourth-order valence-electron chi connectivity index (χ4n) is 1.05. The molecule has 0 unspecified atom stereocenters. The van der Waals surface area contributed by atoms with Crippen LogP contribution in [0, 0.1) is 12.3 Å². The topological polar surface area (TPSA) is 63.2 Å². The van der Waals surface area contributed by atoms with E-state index < -0.39 is 0 Å². The van der Waals surface area contributed by atoms with E-state index in [1.807, 2.05) is 0 Å². The molecule has 0 heterocycles. The fourth-order valence-corrected chi connectivity index (χ4v) is 1.05. The zero-order valence-corrected chi connectivity index (χ0v) is 11.4. The summed E-state index contributed by atoms with van der Waals surface area (Å²) in [7, 11) is 1.35. The Morgan fingerprint density at radius 2 is 1.37 bits per heavy atom. The first-order valence-corrected chi connectivity index (χ1v) is 6.12. The van der Waals surface area contributed by atoms with Gasteiger partial charge in [-0.2, -0.15) is 0 Å². The van der Waals surface area contributed by atoms with Crippen molar-refractivity contribution in [3.63, 3.8) is 0 Å². The Labute approximate surface area is 114 Å². The van der Waals surface area contributed by atoms with Crippen molar-refractivity contribution < 1.29 is 28.5 Å². The Balaban J connectivity index is 2.99. The first kappa shape index (κ1) is 17.9.